The minimum Gasteiger partial charge on any atom is -0.379 e. The van der Waals surface area contributed by atoms with E-state index < -0.39 is 0 Å². The molecule has 0 aliphatic carbocycles. The third kappa shape index (κ3) is 3.00. The monoisotopic (exact) mass is 272 g/mol. The molecule has 0 bridgehead atoms. The van der Waals surface area contributed by atoms with Gasteiger partial charge in [0.1, 0.15) is 0 Å². The summed E-state index contributed by atoms with van der Waals surface area (Å²) in [5.74, 6) is 0. The van der Waals surface area contributed by atoms with Gasteiger partial charge in [-0.05, 0) is 17.9 Å². The van der Waals surface area contributed by atoms with Gasteiger partial charge < -0.3 is 4.74 Å². The van der Waals surface area contributed by atoms with E-state index in [1.807, 2.05) is 20.0 Å². The van der Waals surface area contributed by atoms with Crippen molar-refractivity contribution in [1.82, 2.24) is 9.88 Å². The fraction of sp³-hybridized carbons (Fsp3) is 0.471. The first-order chi connectivity index (χ1) is 9.78. The number of nitrogens with zero attached hydrogens (tertiary/aromatic N) is 2. The molecule has 1 aliphatic rings. The second kappa shape index (κ2) is 6.82. The van der Waals surface area contributed by atoms with Crippen LogP contribution in [0.25, 0.3) is 10.8 Å². The smallest absolute Gasteiger partial charge is 0.0825 e. The van der Waals surface area contributed by atoms with Crippen LogP contribution in [0, 0.1) is 6.92 Å². The van der Waals surface area contributed by atoms with Crippen LogP contribution in [0.1, 0.15) is 25.1 Å². The summed E-state index contributed by atoms with van der Waals surface area (Å²) in [5.41, 5.74) is 2.42. The Labute approximate surface area is 121 Å². The van der Waals surface area contributed by atoms with E-state index in [0.29, 0.717) is 6.10 Å². The predicted octanol–water partition coefficient (Wildman–Crippen LogP) is 3.40. The molecule has 108 valence electrons. The number of aryl methyl sites for hydroxylation is 1. The van der Waals surface area contributed by atoms with Crippen LogP contribution in [0.4, 0.5) is 0 Å². The van der Waals surface area contributed by atoms with Crippen molar-refractivity contribution in [3.63, 3.8) is 0 Å². The molecule has 1 aliphatic heterocycles. The number of pyridine rings is 1. The molecule has 3 nitrogen and oxygen atoms in total. The van der Waals surface area contributed by atoms with Crippen molar-refractivity contribution in [2.75, 3.05) is 20.2 Å². The zero-order valence-electron chi connectivity index (χ0n) is 12.9. The molecule has 0 saturated carbocycles. The van der Waals surface area contributed by atoms with Crippen molar-refractivity contribution in [3.05, 3.63) is 41.7 Å². The van der Waals surface area contributed by atoms with E-state index in [2.05, 4.69) is 41.1 Å². The molecule has 0 radical (unpaired) electrons. The van der Waals surface area contributed by atoms with Crippen LogP contribution in [-0.2, 0) is 11.3 Å². The summed E-state index contributed by atoms with van der Waals surface area (Å²) >= 11 is 0. The standard InChI is InChI=1S/C15H18N2O.C2H6/c1-11-14-5-3-4-6-15(14)12(7-16-11)8-17-9-13(10-17)18-2;1-2/h3-7,13H,8-10H2,1-2H3;1-2H3. The van der Waals surface area contributed by atoms with Crippen LogP contribution in [0.2, 0.25) is 0 Å². The second-order valence-electron chi connectivity index (χ2n) is 4.97. The van der Waals surface area contributed by atoms with Gasteiger partial charge in [0.25, 0.3) is 0 Å². The Morgan fingerprint density at radius 3 is 2.50 bits per heavy atom. The zero-order chi connectivity index (χ0) is 14.5. The normalized spacial score (nSPS) is 15.6. The number of likely N-dealkylation sites (tertiary alicyclic amines) is 1. The van der Waals surface area contributed by atoms with Crippen molar-refractivity contribution >= 4 is 10.8 Å². The average Bonchev–Trinajstić information content (AvgIpc) is 2.47. The quantitative estimate of drug-likeness (QED) is 0.856. The molecule has 0 atom stereocenters. The SMILES string of the molecule is CC.COC1CN(Cc2cnc(C)c3ccccc23)C1. The number of benzene rings is 1. The molecule has 0 N–H and O–H groups in total. The summed E-state index contributed by atoms with van der Waals surface area (Å²) in [6.07, 6.45) is 2.42. The molecule has 1 aromatic carbocycles. The van der Waals surface area contributed by atoms with Crippen LogP contribution < -0.4 is 0 Å². The number of fused-ring (bicyclic) bond motifs is 1. The van der Waals surface area contributed by atoms with Crippen molar-refractivity contribution in [1.29, 1.82) is 0 Å². The summed E-state index contributed by atoms with van der Waals surface area (Å²) in [7, 11) is 1.78. The van der Waals surface area contributed by atoms with Crippen molar-refractivity contribution in [2.24, 2.45) is 0 Å². The maximum atomic E-state index is 5.30. The van der Waals surface area contributed by atoms with E-state index in [1.165, 1.54) is 16.3 Å². The summed E-state index contributed by atoms with van der Waals surface area (Å²) in [5, 5.41) is 2.59. The van der Waals surface area contributed by atoms with Gasteiger partial charge in [0.15, 0.2) is 0 Å². The highest BCUT2D eigenvalue weighted by atomic mass is 16.5. The lowest BCUT2D eigenvalue weighted by Crippen LogP contribution is -2.50. The maximum absolute atomic E-state index is 5.30. The van der Waals surface area contributed by atoms with Gasteiger partial charge >= 0.3 is 0 Å². The van der Waals surface area contributed by atoms with Gasteiger partial charge in [0.2, 0.25) is 0 Å². The Hall–Kier alpha value is -1.45. The van der Waals surface area contributed by atoms with Gasteiger partial charge in [0.05, 0.1) is 6.10 Å². The van der Waals surface area contributed by atoms with E-state index in [-0.39, 0.29) is 0 Å². The molecular weight excluding hydrogens is 248 g/mol. The van der Waals surface area contributed by atoms with E-state index in [1.54, 1.807) is 7.11 Å². The van der Waals surface area contributed by atoms with Gasteiger partial charge in [-0.3, -0.25) is 9.88 Å². The largest absolute Gasteiger partial charge is 0.379 e. The predicted molar refractivity (Wildman–Crippen MR) is 83.9 cm³/mol. The van der Waals surface area contributed by atoms with Gasteiger partial charge in [-0.15, -0.1) is 0 Å². The molecule has 0 unspecified atom stereocenters. The van der Waals surface area contributed by atoms with Gasteiger partial charge in [0, 0.05) is 44.0 Å². The molecule has 20 heavy (non-hydrogen) atoms. The Balaban J connectivity index is 0.000000704. The van der Waals surface area contributed by atoms with E-state index >= 15 is 0 Å². The van der Waals surface area contributed by atoms with Gasteiger partial charge in [-0.2, -0.15) is 0 Å². The molecule has 0 amide bonds. The third-order valence-electron chi connectivity index (χ3n) is 3.73. The first-order valence-electron chi connectivity index (χ1n) is 7.36. The van der Waals surface area contributed by atoms with Crippen molar-refractivity contribution in [3.8, 4) is 0 Å². The van der Waals surface area contributed by atoms with E-state index in [4.69, 9.17) is 4.74 Å². The fourth-order valence-corrected chi connectivity index (χ4v) is 2.56. The number of aromatic nitrogens is 1. The highest BCUT2D eigenvalue weighted by Crippen LogP contribution is 2.23. The van der Waals surface area contributed by atoms with Crippen LogP contribution in [0.15, 0.2) is 30.5 Å². The fourth-order valence-electron chi connectivity index (χ4n) is 2.56. The molecule has 2 aromatic rings. The third-order valence-corrected chi connectivity index (χ3v) is 3.73. The number of rotatable bonds is 3. The molecule has 1 saturated heterocycles. The molecule has 1 fully saturated rings. The van der Waals surface area contributed by atoms with E-state index in [0.717, 1.165) is 25.3 Å². The zero-order valence-corrected chi connectivity index (χ0v) is 12.9. The minimum absolute atomic E-state index is 0.412. The van der Waals surface area contributed by atoms with Crippen molar-refractivity contribution in [2.45, 2.75) is 33.4 Å². The summed E-state index contributed by atoms with van der Waals surface area (Å²) in [6, 6.07) is 8.51. The Kier molecular flexibility index (Phi) is 5.10. The maximum Gasteiger partial charge on any atom is 0.0825 e. The molecular formula is C17H24N2O. The summed E-state index contributed by atoms with van der Waals surface area (Å²) in [6.45, 7) is 9.09. The van der Waals surface area contributed by atoms with E-state index in [9.17, 15) is 0 Å². The Morgan fingerprint density at radius 2 is 1.85 bits per heavy atom. The topological polar surface area (TPSA) is 25.4 Å². The molecule has 1 aromatic heterocycles. The van der Waals surface area contributed by atoms with Gasteiger partial charge in [-0.1, -0.05) is 38.1 Å². The molecule has 2 heterocycles. The number of ether oxygens (including phenoxy) is 1. The van der Waals surface area contributed by atoms with Crippen molar-refractivity contribution < 1.29 is 4.74 Å². The minimum atomic E-state index is 0.412. The number of hydrogen-bond donors (Lipinski definition) is 0. The van der Waals surface area contributed by atoms with Crippen LogP contribution >= 0.6 is 0 Å². The van der Waals surface area contributed by atoms with Crippen LogP contribution in [0.5, 0.6) is 0 Å². The first kappa shape index (κ1) is 14.9. The summed E-state index contributed by atoms with van der Waals surface area (Å²) < 4.78 is 5.30. The lowest BCUT2D eigenvalue weighted by atomic mass is 10.0. The molecule has 3 rings (SSSR count). The Bertz CT molecular complexity index is 562. The molecule has 3 heteroatoms. The summed E-state index contributed by atoms with van der Waals surface area (Å²) in [4.78, 5) is 6.90. The lowest BCUT2D eigenvalue weighted by Gasteiger charge is -2.38. The van der Waals surface area contributed by atoms with Gasteiger partial charge in [-0.25, -0.2) is 0 Å². The molecule has 0 spiro atoms. The second-order valence-corrected chi connectivity index (χ2v) is 4.97. The van der Waals surface area contributed by atoms with Crippen LogP contribution in [0.3, 0.4) is 0 Å². The van der Waals surface area contributed by atoms with Crippen LogP contribution in [-0.4, -0.2) is 36.2 Å². The Morgan fingerprint density at radius 1 is 1.20 bits per heavy atom. The number of methoxy groups -OCH3 is 1. The first-order valence-corrected chi connectivity index (χ1v) is 7.36. The highest BCUT2D eigenvalue weighted by molar-refractivity contribution is 5.87. The average molecular weight is 272 g/mol. The number of hydrogen-bond acceptors (Lipinski definition) is 3. The lowest BCUT2D eigenvalue weighted by molar-refractivity contribution is -0.0332. The highest BCUT2D eigenvalue weighted by Gasteiger charge is 2.26.